The van der Waals surface area contributed by atoms with Crippen LogP contribution in [-0.4, -0.2) is 40.9 Å². The van der Waals surface area contributed by atoms with Crippen molar-refractivity contribution in [3.8, 4) is 5.75 Å². The van der Waals surface area contributed by atoms with Crippen LogP contribution in [0.4, 0.5) is 5.69 Å². The lowest BCUT2D eigenvalue weighted by atomic mass is 9.72. The molecule has 0 aliphatic carbocycles. The molecule has 0 spiro atoms. The second-order valence-electron chi connectivity index (χ2n) is 13.3. The highest BCUT2D eigenvalue weighted by atomic mass is 32.2. The van der Waals surface area contributed by atoms with Crippen molar-refractivity contribution in [3.63, 3.8) is 0 Å². The lowest BCUT2D eigenvalue weighted by Gasteiger charge is -2.43. The number of hydrogen-bond donors (Lipinski definition) is 1. The van der Waals surface area contributed by atoms with Crippen molar-refractivity contribution in [2.45, 2.75) is 111 Å². The predicted octanol–water partition coefficient (Wildman–Crippen LogP) is 7.68. The van der Waals surface area contributed by atoms with Crippen molar-refractivity contribution < 1.29 is 28.0 Å². The Hall–Kier alpha value is -2.68. The maximum atomic E-state index is 13.7. The monoisotopic (exact) mass is 585 g/mol. The van der Waals surface area contributed by atoms with Crippen LogP contribution in [0.1, 0.15) is 82.6 Å². The quantitative estimate of drug-likeness (QED) is 0.241. The van der Waals surface area contributed by atoms with Crippen LogP contribution in [0, 0.1) is 10.8 Å². The van der Waals surface area contributed by atoms with Gasteiger partial charge in [-0.15, -0.1) is 0 Å². The van der Waals surface area contributed by atoms with Gasteiger partial charge in [-0.25, -0.2) is 0 Å². The molecule has 1 N–H and O–H groups in total. The van der Waals surface area contributed by atoms with Gasteiger partial charge in [-0.05, 0) is 65.8 Å². The topological polar surface area (TPSA) is 90.9 Å². The van der Waals surface area contributed by atoms with E-state index in [4.69, 9.17) is 13.7 Å². The van der Waals surface area contributed by atoms with E-state index in [2.05, 4.69) is 5.32 Å². The van der Waals surface area contributed by atoms with Crippen LogP contribution in [0.15, 0.2) is 59.5 Å². The first-order chi connectivity index (χ1) is 18.7. The number of ketones is 2. The van der Waals surface area contributed by atoms with Gasteiger partial charge in [0.15, 0.2) is 5.78 Å². The van der Waals surface area contributed by atoms with Gasteiger partial charge in [0.1, 0.15) is 23.7 Å². The van der Waals surface area contributed by atoms with Gasteiger partial charge >= 0.3 is 0 Å². The number of benzene rings is 2. The Morgan fingerprint density at radius 1 is 0.805 bits per heavy atom. The van der Waals surface area contributed by atoms with Crippen molar-refractivity contribution in [2.75, 3.05) is 5.32 Å². The molecule has 7 nitrogen and oxygen atoms in total. The van der Waals surface area contributed by atoms with Crippen LogP contribution in [0.3, 0.4) is 0 Å². The van der Waals surface area contributed by atoms with E-state index in [1.54, 1.807) is 67.5 Å². The fourth-order valence-corrected chi connectivity index (χ4v) is 4.62. The normalized spacial score (nSPS) is 14.2. The molecular weight excluding hydrogens is 538 g/mol. The fraction of sp³-hybridized carbons (Fsp3) is 0.545. The van der Waals surface area contributed by atoms with E-state index in [-0.39, 0.29) is 18.0 Å². The molecule has 226 valence electrons. The molecule has 0 aliphatic heterocycles. The lowest BCUT2D eigenvalue weighted by molar-refractivity contribution is -0.179. The number of Topliss-reactive ketones (excluding diaryl/α,β-unsaturated/α-hetero) is 2. The average molecular weight is 586 g/mol. The van der Waals surface area contributed by atoms with Gasteiger partial charge in [-0.1, -0.05) is 65.0 Å². The Labute approximate surface area is 250 Å². The molecule has 2 aromatic rings. The van der Waals surface area contributed by atoms with Crippen molar-refractivity contribution in [1.82, 2.24) is 0 Å². The molecule has 0 bridgehead atoms. The van der Waals surface area contributed by atoms with E-state index in [9.17, 15) is 14.4 Å². The second-order valence-corrected chi connectivity index (χ2v) is 14.1. The zero-order valence-corrected chi connectivity index (χ0v) is 27.2. The Kier molecular flexibility index (Phi) is 11.4. The summed E-state index contributed by atoms with van der Waals surface area (Å²) in [6.07, 6.45) is -1.98. The summed E-state index contributed by atoms with van der Waals surface area (Å²) in [5.41, 5.74) is -2.82. The molecule has 2 aromatic carbocycles. The minimum Gasteiger partial charge on any atom is -0.421 e. The number of nitrogens with one attached hydrogen (secondary N) is 1. The highest BCUT2D eigenvalue weighted by Gasteiger charge is 2.48. The van der Waals surface area contributed by atoms with Crippen LogP contribution in [0.25, 0.3) is 0 Å². The smallest absolute Gasteiger partial charge is 0.254 e. The number of ether oxygens (including phenoxy) is 2. The van der Waals surface area contributed by atoms with Crippen molar-refractivity contribution in [2.24, 2.45) is 10.8 Å². The fourth-order valence-electron chi connectivity index (χ4n) is 3.98. The van der Waals surface area contributed by atoms with Crippen molar-refractivity contribution in [3.05, 3.63) is 54.6 Å². The largest absolute Gasteiger partial charge is 0.421 e. The molecule has 2 unspecified atom stereocenters. The Bertz CT molecular complexity index is 1190. The van der Waals surface area contributed by atoms with Gasteiger partial charge in [0, 0.05) is 11.8 Å². The summed E-state index contributed by atoms with van der Waals surface area (Å²) in [6, 6.07) is 16.6. The molecule has 0 aromatic heterocycles. The number of para-hydroxylation sites is 2. The zero-order valence-electron chi connectivity index (χ0n) is 26.4. The van der Waals surface area contributed by atoms with E-state index in [0.29, 0.717) is 16.3 Å². The number of carbonyl (C=O) groups excluding carboxylic acids is 3. The van der Waals surface area contributed by atoms with E-state index in [1.165, 1.54) is 0 Å². The third kappa shape index (κ3) is 9.97. The van der Waals surface area contributed by atoms with E-state index < -0.39 is 40.1 Å². The molecule has 0 heterocycles. The first-order valence-electron chi connectivity index (χ1n) is 14.0. The minimum atomic E-state index is -1.14. The molecule has 0 saturated heterocycles. The van der Waals surface area contributed by atoms with Crippen LogP contribution in [-0.2, 0) is 23.9 Å². The number of carbonyl (C=O) groups is 3. The molecule has 8 heteroatoms. The van der Waals surface area contributed by atoms with Gasteiger partial charge in [0.25, 0.3) is 5.91 Å². The van der Waals surface area contributed by atoms with E-state index in [0.717, 1.165) is 12.0 Å². The summed E-state index contributed by atoms with van der Waals surface area (Å²) in [7, 11) is 0. The van der Waals surface area contributed by atoms with Crippen LogP contribution in [0.2, 0.25) is 0 Å². The molecule has 0 saturated carbocycles. The maximum absolute atomic E-state index is 13.7. The second kappa shape index (κ2) is 13.5. The first kappa shape index (κ1) is 34.5. The average Bonchev–Trinajstić information content (AvgIpc) is 2.86. The van der Waals surface area contributed by atoms with Gasteiger partial charge < -0.3 is 19.0 Å². The maximum Gasteiger partial charge on any atom is 0.254 e. The highest BCUT2D eigenvalue weighted by molar-refractivity contribution is 7.95. The van der Waals surface area contributed by atoms with Gasteiger partial charge in [0.2, 0.25) is 0 Å². The lowest BCUT2D eigenvalue weighted by Crippen LogP contribution is -2.54. The van der Waals surface area contributed by atoms with Gasteiger partial charge in [0.05, 0.1) is 39.2 Å². The number of rotatable bonds is 13. The molecule has 0 radical (unpaired) electrons. The highest BCUT2D eigenvalue weighted by Crippen LogP contribution is 2.39. The summed E-state index contributed by atoms with van der Waals surface area (Å²) in [5.74, 6) is -0.0877. The van der Waals surface area contributed by atoms with Gasteiger partial charge in [-0.2, -0.15) is 0 Å². The Morgan fingerprint density at radius 2 is 1.37 bits per heavy atom. The Morgan fingerprint density at radius 3 is 1.93 bits per heavy atom. The van der Waals surface area contributed by atoms with Crippen molar-refractivity contribution >= 4 is 35.2 Å². The SMILES string of the molecule is CC(OC(C)(C)C)C(=O)C(C)(C)C(C)(C)OC(CC(=O)C(C)(C)C)C(=O)Nc1ccccc1SOc1ccccc1. The number of hydrogen-bond acceptors (Lipinski definition) is 7. The molecule has 2 atom stereocenters. The summed E-state index contributed by atoms with van der Waals surface area (Å²) in [4.78, 5) is 41.1. The molecule has 0 aliphatic rings. The van der Waals surface area contributed by atoms with Crippen LogP contribution in [0.5, 0.6) is 5.75 Å². The molecule has 1 amide bonds. The third-order valence-electron chi connectivity index (χ3n) is 7.07. The van der Waals surface area contributed by atoms with Crippen LogP contribution < -0.4 is 9.50 Å². The summed E-state index contributed by atoms with van der Waals surface area (Å²) < 4.78 is 18.2. The summed E-state index contributed by atoms with van der Waals surface area (Å²) >= 11 is 1.12. The zero-order chi connectivity index (χ0) is 31.2. The Balaban J connectivity index is 2.32. The van der Waals surface area contributed by atoms with E-state index in [1.807, 2.05) is 63.2 Å². The molecule has 2 rings (SSSR count). The molecular formula is C33H47NO6S. The third-order valence-corrected chi connectivity index (χ3v) is 7.88. The van der Waals surface area contributed by atoms with Crippen molar-refractivity contribution in [1.29, 1.82) is 0 Å². The molecule has 41 heavy (non-hydrogen) atoms. The molecule has 0 fully saturated rings. The van der Waals surface area contributed by atoms with E-state index >= 15 is 0 Å². The summed E-state index contributed by atoms with van der Waals surface area (Å²) in [6.45, 7) is 19.9. The predicted molar refractivity (Wildman–Crippen MR) is 165 cm³/mol. The minimum absolute atomic E-state index is 0.128. The summed E-state index contributed by atoms with van der Waals surface area (Å²) in [5, 5.41) is 2.93. The van der Waals surface area contributed by atoms with Gasteiger partial charge in [-0.3, -0.25) is 14.4 Å². The standard InChI is InChI=1S/C33H47NO6S/c1-22(38-31(5,6)7)28(36)32(8,9)33(10,11)39-25(21-27(35)30(2,3)4)29(37)34-24-19-15-16-20-26(24)41-40-23-17-13-12-14-18-23/h12-20,22,25H,21H2,1-11H3,(H,34,37). The first-order valence-corrected chi connectivity index (χ1v) is 14.7. The van der Waals surface area contributed by atoms with Crippen LogP contribution >= 0.6 is 12.0 Å². The number of anilines is 1. The number of amides is 1.